The number of aryl methyl sites for hydroxylation is 1. The average Bonchev–Trinajstić information content (AvgIpc) is 2.86. The van der Waals surface area contributed by atoms with Gasteiger partial charge in [0.25, 0.3) is 5.56 Å². The Labute approximate surface area is 204 Å². The van der Waals surface area contributed by atoms with Gasteiger partial charge in [-0.1, -0.05) is 38.1 Å². The first-order chi connectivity index (χ1) is 16.8. The van der Waals surface area contributed by atoms with E-state index in [0.717, 1.165) is 5.56 Å². The van der Waals surface area contributed by atoms with E-state index in [-0.39, 0.29) is 49.0 Å². The summed E-state index contributed by atoms with van der Waals surface area (Å²) in [4.78, 5) is 42.7. The van der Waals surface area contributed by atoms with Crippen LogP contribution in [0.15, 0.2) is 47.3 Å². The van der Waals surface area contributed by atoms with Crippen molar-refractivity contribution in [1.29, 1.82) is 0 Å². The lowest BCUT2D eigenvalue weighted by molar-refractivity contribution is -0.122. The number of hydrogen-bond acceptors (Lipinski definition) is 6. The Morgan fingerprint density at radius 3 is 2.49 bits per heavy atom. The maximum absolute atomic E-state index is 13.2. The fraction of sp³-hybridized carbons (Fsp3) is 0.385. The van der Waals surface area contributed by atoms with Crippen molar-refractivity contribution in [2.75, 3.05) is 20.8 Å². The Kier molecular flexibility index (Phi) is 8.83. The Morgan fingerprint density at radius 1 is 1.00 bits per heavy atom. The SMILES string of the molecule is COc1cccc(CNC(=O)Cn2c(=O)c(CCC(=O)NCC(C)C)nc3ccccc32)c1OC. The summed E-state index contributed by atoms with van der Waals surface area (Å²) in [6.07, 6.45) is 0.339. The van der Waals surface area contributed by atoms with Crippen LogP contribution in [-0.4, -0.2) is 42.1 Å². The van der Waals surface area contributed by atoms with Gasteiger partial charge in [0.15, 0.2) is 11.5 Å². The van der Waals surface area contributed by atoms with E-state index in [1.54, 1.807) is 31.4 Å². The number of aromatic nitrogens is 2. The number of para-hydroxylation sites is 3. The minimum atomic E-state index is -0.380. The van der Waals surface area contributed by atoms with Gasteiger partial charge in [0, 0.05) is 31.5 Å². The van der Waals surface area contributed by atoms with E-state index in [9.17, 15) is 14.4 Å². The molecule has 0 saturated heterocycles. The number of carbonyl (C=O) groups is 2. The number of benzene rings is 2. The molecule has 0 unspecified atom stereocenters. The second-order valence-electron chi connectivity index (χ2n) is 8.57. The molecule has 0 fully saturated rings. The maximum atomic E-state index is 13.2. The van der Waals surface area contributed by atoms with Crippen molar-refractivity contribution < 1.29 is 19.1 Å². The molecule has 9 nitrogen and oxygen atoms in total. The van der Waals surface area contributed by atoms with Crippen LogP contribution in [0.25, 0.3) is 11.0 Å². The van der Waals surface area contributed by atoms with Crippen LogP contribution in [-0.2, 0) is 29.1 Å². The number of fused-ring (bicyclic) bond motifs is 1. The number of methoxy groups -OCH3 is 2. The highest BCUT2D eigenvalue weighted by molar-refractivity contribution is 5.80. The molecule has 0 aliphatic carbocycles. The van der Waals surface area contributed by atoms with E-state index in [2.05, 4.69) is 15.6 Å². The predicted octanol–water partition coefficient (Wildman–Crippen LogP) is 2.43. The standard InChI is InChI=1S/C26H32N4O5/c1-17(2)14-27-23(31)13-12-20-26(33)30(21-10-6-5-9-19(21)29-20)16-24(32)28-15-18-8-7-11-22(34-3)25(18)35-4/h5-11,17H,12-16H2,1-4H3,(H,27,31)(H,28,32). The molecule has 35 heavy (non-hydrogen) atoms. The Bertz CT molecular complexity index is 1250. The lowest BCUT2D eigenvalue weighted by Crippen LogP contribution is -2.34. The summed E-state index contributed by atoms with van der Waals surface area (Å²) < 4.78 is 12.1. The highest BCUT2D eigenvalue weighted by atomic mass is 16.5. The minimum absolute atomic E-state index is 0.135. The minimum Gasteiger partial charge on any atom is -0.493 e. The molecule has 0 aliphatic rings. The fourth-order valence-electron chi connectivity index (χ4n) is 3.69. The first kappa shape index (κ1) is 25.7. The van der Waals surface area contributed by atoms with Crippen LogP contribution in [0.4, 0.5) is 0 Å². The van der Waals surface area contributed by atoms with Gasteiger partial charge in [-0.2, -0.15) is 0 Å². The van der Waals surface area contributed by atoms with Gasteiger partial charge in [-0.15, -0.1) is 0 Å². The summed E-state index contributed by atoms with van der Waals surface area (Å²) in [6.45, 7) is 4.63. The number of carbonyl (C=O) groups excluding carboxylic acids is 2. The van der Waals surface area contributed by atoms with E-state index in [4.69, 9.17) is 9.47 Å². The van der Waals surface area contributed by atoms with Gasteiger partial charge in [-0.3, -0.25) is 19.0 Å². The molecule has 0 bridgehead atoms. The second kappa shape index (κ2) is 12.0. The quantitative estimate of drug-likeness (QED) is 0.436. The number of rotatable bonds is 11. The molecule has 0 aliphatic heterocycles. The number of amides is 2. The highest BCUT2D eigenvalue weighted by Gasteiger charge is 2.16. The van der Waals surface area contributed by atoms with E-state index in [0.29, 0.717) is 35.0 Å². The van der Waals surface area contributed by atoms with Crippen LogP contribution < -0.4 is 25.7 Å². The van der Waals surface area contributed by atoms with E-state index in [1.165, 1.54) is 11.7 Å². The molecular formula is C26H32N4O5. The summed E-state index contributed by atoms with van der Waals surface area (Å²) in [5.74, 6) is 0.974. The van der Waals surface area contributed by atoms with Gasteiger partial charge in [0.05, 0.1) is 25.3 Å². The van der Waals surface area contributed by atoms with Crippen molar-refractivity contribution >= 4 is 22.8 Å². The molecule has 0 atom stereocenters. The summed E-state index contributed by atoms with van der Waals surface area (Å²) in [6, 6.07) is 12.6. The van der Waals surface area contributed by atoms with Gasteiger partial charge in [-0.25, -0.2) is 4.98 Å². The molecule has 9 heteroatoms. The monoisotopic (exact) mass is 480 g/mol. The Morgan fingerprint density at radius 2 is 1.77 bits per heavy atom. The van der Waals surface area contributed by atoms with Crippen molar-refractivity contribution in [3.63, 3.8) is 0 Å². The molecule has 0 saturated carbocycles. The largest absolute Gasteiger partial charge is 0.493 e. The third kappa shape index (κ3) is 6.59. The molecule has 1 heterocycles. The van der Waals surface area contributed by atoms with Crippen molar-refractivity contribution in [1.82, 2.24) is 20.2 Å². The second-order valence-corrected chi connectivity index (χ2v) is 8.57. The van der Waals surface area contributed by atoms with Crippen molar-refractivity contribution in [3.05, 3.63) is 64.1 Å². The third-order valence-corrected chi connectivity index (χ3v) is 5.48. The zero-order chi connectivity index (χ0) is 25.4. The highest BCUT2D eigenvalue weighted by Crippen LogP contribution is 2.30. The predicted molar refractivity (Wildman–Crippen MR) is 134 cm³/mol. The summed E-state index contributed by atoms with van der Waals surface area (Å²) >= 11 is 0. The van der Waals surface area contributed by atoms with E-state index in [1.807, 2.05) is 32.0 Å². The maximum Gasteiger partial charge on any atom is 0.273 e. The van der Waals surface area contributed by atoms with Crippen LogP contribution in [0, 0.1) is 5.92 Å². The molecule has 2 N–H and O–H groups in total. The number of hydrogen-bond donors (Lipinski definition) is 2. The molecule has 3 rings (SSSR count). The first-order valence-electron chi connectivity index (χ1n) is 11.6. The van der Waals surface area contributed by atoms with Crippen molar-refractivity contribution in [2.24, 2.45) is 5.92 Å². The fourth-order valence-corrected chi connectivity index (χ4v) is 3.69. The molecule has 3 aromatic rings. The van der Waals surface area contributed by atoms with Crippen LogP contribution >= 0.6 is 0 Å². The van der Waals surface area contributed by atoms with Gasteiger partial charge in [0.2, 0.25) is 11.8 Å². The summed E-state index contributed by atoms with van der Waals surface area (Å²) in [5, 5.41) is 5.69. The third-order valence-electron chi connectivity index (χ3n) is 5.48. The van der Waals surface area contributed by atoms with Crippen LogP contribution in [0.2, 0.25) is 0 Å². The normalized spacial score (nSPS) is 10.9. The lowest BCUT2D eigenvalue weighted by atomic mass is 10.2. The van der Waals surface area contributed by atoms with Crippen LogP contribution in [0.1, 0.15) is 31.5 Å². The van der Waals surface area contributed by atoms with Crippen molar-refractivity contribution in [2.45, 2.75) is 39.8 Å². The molecule has 2 aromatic carbocycles. The first-order valence-corrected chi connectivity index (χ1v) is 11.6. The molecule has 2 amide bonds. The van der Waals surface area contributed by atoms with Gasteiger partial charge < -0.3 is 20.1 Å². The summed E-state index contributed by atoms with van der Waals surface area (Å²) in [5.41, 5.74) is 1.77. The van der Waals surface area contributed by atoms with Gasteiger partial charge >= 0.3 is 0 Å². The number of nitrogens with zero attached hydrogens (tertiary/aromatic N) is 2. The summed E-state index contributed by atoms with van der Waals surface area (Å²) in [7, 11) is 3.09. The average molecular weight is 481 g/mol. The molecule has 0 radical (unpaired) electrons. The molecule has 186 valence electrons. The van der Waals surface area contributed by atoms with Crippen molar-refractivity contribution in [3.8, 4) is 11.5 Å². The van der Waals surface area contributed by atoms with E-state index < -0.39 is 0 Å². The molecule has 0 spiro atoms. The lowest BCUT2D eigenvalue weighted by Gasteiger charge is -2.15. The Balaban J connectivity index is 1.78. The topological polar surface area (TPSA) is 112 Å². The van der Waals surface area contributed by atoms with Gasteiger partial charge in [0.1, 0.15) is 12.2 Å². The van der Waals surface area contributed by atoms with Crippen LogP contribution in [0.5, 0.6) is 11.5 Å². The molecular weight excluding hydrogens is 448 g/mol. The smallest absolute Gasteiger partial charge is 0.273 e. The van der Waals surface area contributed by atoms with Crippen LogP contribution in [0.3, 0.4) is 0 Å². The molecule has 1 aromatic heterocycles. The Hall–Kier alpha value is -3.88. The van der Waals surface area contributed by atoms with Gasteiger partial charge in [-0.05, 0) is 24.1 Å². The number of ether oxygens (including phenoxy) is 2. The zero-order valence-corrected chi connectivity index (χ0v) is 20.6. The number of nitrogens with one attached hydrogen (secondary N) is 2. The van der Waals surface area contributed by atoms with E-state index >= 15 is 0 Å². The zero-order valence-electron chi connectivity index (χ0n) is 20.6.